The molecule has 0 spiro atoms. The monoisotopic (exact) mass is 399 g/mol. The zero-order valence-corrected chi connectivity index (χ0v) is 16.4. The number of guanidine groups is 1. The van der Waals surface area contributed by atoms with Crippen molar-refractivity contribution >= 4 is 23.4 Å². The van der Waals surface area contributed by atoms with Crippen LogP contribution in [0.3, 0.4) is 0 Å². The number of anilines is 2. The topological polar surface area (TPSA) is 106 Å². The summed E-state index contributed by atoms with van der Waals surface area (Å²) in [4.78, 5) is 23.1. The Balaban J connectivity index is 1.94. The Kier molecular flexibility index (Phi) is 7.73. The van der Waals surface area contributed by atoms with Crippen LogP contribution in [0.4, 0.5) is 20.6 Å². The number of carbonyl (C=O) groups excluding carboxylic acids is 1. The van der Waals surface area contributed by atoms with Crippen LogP contribution >= 0.6 is 0 Å². The van der Waals surface area contributed by atoms with Gasteiger partial charge in [-0.15, -0.1) is 4.99 Å². The summed E-state index contributed by atoms with van der Waals surface area (Å²) in [5.41, 5.74) is 0.756. The smallest absolute Gasteiger partial charge is 0.323 e. The number of carbonyl (C=O) groups is 1. The number of hydrogen-bond donors (Lipinski definition) is 2. The molecule has 1 aromatic heterocycles. The standard InChI is InChI=1S/C19H22FN7O2/c1-26(2)19(23-13-21)27(3)7-8-29-17-10-14(20)9-16(11-17)25-18(28)24-15-5-4-6-22-12-15/h4-6,9-12H,7-8H2,1-3H3,(H2,24,25,28)/b23-19-. The van der Waals surface area contributed by atoms with Crippen molar-refractivity contribution in [1.82, 2.24) is 14.8 Å². The largest absolute Gasteiger partial charge is 0.492 e. The van der Waals surface area contributed by atoms with Crippen LogP contribution in [0.25, 0.3) is 0 Å². The SMILES string of the molecule is CN(C)/C(=N/C#N)N(C)CCOc1cc(F)cc(NC(=O)Nc2cccnc2)c1. The van der Waals surface area contributed by atoms with E-state index in [4.69, 9.17) is 10.00 Å². The molecule has 29 heavy (non-hydrogen) atoms. The Morgan fingerprint density at radius 1 is 1.28 bits per heavy atom. The van der Waals surface area contributed by atoms with Gasteiger partial charge in [0.2, 0.25) is 12.2 Å². The number of halogens is 1. The zero-order valence-electron chi connectivity index (χ0n) is 16.4. The molecule has 0 radical (unpaired) electrons. The molecular weight excluding hydrogens is 377 g/mol. The summed E-state index contributed by atoms with van der Waals surface area (Å²) < 4.78 is 19.5. The molecule has 0 fully saturated rings. The van der Waals surface area contributed by atoms with Crippen molar-refractivity contribution in [2.45, 2.75) is 0 Å². The highest BCUT2D eigenvalue weighted by Crippen LogP contribution is 2.20. The highest BCUT2D eigenvalue weighted by atomic mass is 19.1. The molecule has 0 saturated carbocycles. The average Bonchev–Trinajstić information content (AvgIpc) is 2.66. The van der Waals surface area contributed by atoms with Gasteiger partial charge in [-0.1, -0.05) is 0 Å². The number of ether oxygens (including phenoxy) is 1. The molecule has 0 saturated heterocycles. The van der Waals surface area contributed by atoms with Crippen LogP contribution in [0.2, 0.25) is 0 Å². The third-order valence-electron chi connectivity index (χ3n) is 3.64. The molecule has 2 rings (SSSR count). The molecule has 2 aromatic rings. The van der Waals surface area contributed by atoms with Gasteiger partial charge >= 0.3 is 6.03 Å². The highest BCUT2D eigenvalue weighted by molar-refractivity contribution is 5.99. The van der Waals surface area contributed by atoms with E-state index in [0.717, 1.165) is 0 Å². The molecule has 1 heterocycles. The van der Waals surface area contributed by atoms with Crippen molar-refractivity contribution in [2.24, 2.45) is 4.99 Å². The predicted molar refractivity (Wildman–Crippen MR) is 108 cm³/mol. The van der Waals surface area contributed by atoms with Gasteiger partial charge in [0.25, 0.3) is 0 Å². The van der Waals surface area contributed by atoms with Crippen molar-refractivity contribution in [3.8, 4) is 11.9 Å². The van der Waals surface area contributed by atoms with Crippen molar-refractivity contribution in [2.75, 3.05) is 44.9 Å². The number of benzene rings is 1. The number of nitrogens with one attached hydrogen (secondary N) is 2. The minimum Gasteiger partial charge on any atom is -0.492 e. The second-order valence-corrected chi connectivity index (χ2v) is 6.17. The minimum absolute atomic E-state index is 0.222. The number of aliphatic imine (C=N–C) groups is 1. The summed E-state index contributed by atoms with van der Waals surface area (Å²) in [5, 5.41) is 13.9. The molecule has 2 amide bonds. The van der Waals surface area contributed by atoms with Crippen LogP contribution in [-0.2, 0) is 0 Å². The summed E-state index contributed by atoms with van der Waals surface area (Å²) in [5.74, 6) is 0.191. The van der Waals surface area contributed by atoms with E-state index in [1.165, 1.54) is 24.4 Å². The van der Waals surface area contributed by atoms with Gasteiger partial charge < -0.3 is 25.2 Å². The number of nitrogens with zero attached hydrogens (tertiary/aromatic N) is 5. The van der Waals surface area contributed by atoms with E-state index < -0.39 is 11.8 Å². The van der Waals surface area contributed by atoms with Crippen molar-refractivity contribution < 1.29 is 13.9 Å². The van der Waals surface area contributed by atoms with Gasteiger partial charge in [-0.3, -0.25) is 4.98 Å². The molecular formula is C19H22FN7O2. The number of likely N-dealkylation sites (N-methyl/N-ethyl adjacent to an activating group) is 1. The number of urea groups is 1. The third-order valence-corrected chi connectivity index (χ3v) is 3.64. The van der Waals surface area contributed by atoms with Crippen LogP contribution in [-0.4, -0.2) is 61.1 Å². The normalized spacial score (nSPS) is 10.7. The van der Waals surface area contributed by atoms with Crippen molar-refractivity contribution in [3.05, 3.63) is 48.5 Å². The fourth-order valence-corrected chi connectivity index (χ4v) is 2.42. The summed E-state index contributed by atoms with van der Waals surface area (Å²) >= 11 is 0. The van der Waals surface area contributed by atoms with Crippen LogP contribution in [0.5, 0.6) is 5.75 Å². The summed E-state index contributed by atoms with van der Waals surface area (Å²) in [6, 6.07) is 6.76. The minimum atomic E-state index is -0.549. The maximum atomic E-state index is 13.9. The van der Waals surface area contributed by atoms with Gasteiger partial charge in [-0.2, -0.15) is 5.26 Å². The van der Waals surface area contributed by atoms with Gasteiger partial charge in [-0.25, -0.2) is 9.18 Å². The van der Waals surface area contributed by atoms with E-state index in [9.17, 15) is 9.18 Å². The zero-order chi connectivity index (χ0) is 21.2. The van der Waals surface area contributed by atoms with Gasteiger partial charge in [-0.05, 0) is 18.2 Å². The predicted octanol–water partition coefficient (Wildman–Crippen LogP) is 2.57. The molecule has 0 unspecified atom stereocenters. The second kappa shape index (κ2) is 10.5. The lowest BCUT2D eigenvalue weighted by atomic mass is 10.3. The fourth-order valence-electron chi connectivity index (χ4n) is 2.42. The van der Waals surface area contributed by atoms with Crippen LogP contribution in [0.15, 0.2) is 47.7 Å². The first-order valence-electron chi connectivity index (χ1n) is 8.65. The Morgan fingerprint density at radius 2 is 2.03 bits per heavy atom. The van der Waals surface area contributed by atoms with Gasteiger partial charge in [0.1, 0.15) is 18.2 Å². The van der Waals surface area contributed by atoms with E-state index in [2.05, 4.69) is 20.6 Å². The van der Waals surface area contributed by atoms with Gasteiger partial charge in [0.15, 0.2) is 0 Å². The van der Waals surface area contributed by atoms with E-state index >= 15 is 0 Å². The molecule has 2 N–H and O–H groups in total. The molecule has 152 valence electrons. The number of amides is 2. The third kappa shape index (κ3) is 6.99. The first-order chi connectivity index (χ1) is 13.9. The number of rotatable bonds is 6. The maximum absolute atomic E-state index is 13.9. The van der Waals surface area contributed by atoms with Crippen molar-refractivity contribution in [1.29, 1.82) is 5.26 Å². The number of pyridine rings is 1. The maximum Gasteiger partial charge on any atom is 0.323 e. The molecule has 0 bridgehead atoms. The van der Waals surface area contributed by atoms with Crippen LogP contribution in [0, 0.1) is 17.3 Å². The Morgan fingerprint density at radius 3 is 2.69 bits per heavy atom. The van der Waals surface area contributed by atoms with Crippen molar-refractivity contribution in [3.63, 3.8) is 0 Å². The molecule has 0 atom stereocenters. The molecule has 9 nitrogen and oxygen atoms in total. The lowest BCUT2D eigenvalue weighted by Crippen LogP contribution is -2.40. The number of aromatic nitrogens is 1. The molecule has 10 heteroatoms. The Hall–Kier alpha value is -3.87. The van der Waals surface area contributed by atoms with E-state index in [1.807, 2.05) is 0 Å². The highest BCUT2D eigenvalue weighted by Gasteiger charge is 2.10. The van der Waals surface area contributed by atoms with Gasteiger partial charge in [0.05, 0.1) is 18.4 Å². The molecule has 0 aliphatic carbocycles. The number of nitriles is 1. The van der Waals surface area contributed by atoms with E-state index in [1.54, 1.807) is 55.5 Å². The summed E-state index contributed by atoms with van der Waals surface area (Å²) in [6.07, 6.45) is 4.83. The average molecular weight is 399 g/mol. The quantitative estimate of drug-likeness (QED) is 0.439. The molecule has 1 aromatic carbocycles. The van der Waals surface area contributed by atoms with Gasteiger partial charge in [0, 0.05) is 45.2 Å². The Labute approximate surface area is 168 Å². The molecule has 0 aliphatic heterocycles. The summed E-state index contributed by atoms with van der Waals surface area (Å²) in [7, 11) is 5.31. The second-order valence-electron chi connectivity index (χ2n) is 6.17. The summed E-state index contributed by atoms with van der Waals surface area (Å²) in [6.45, 7) is 0.638. The number of hydrogen-bond acceptors (Lipinski definition) is 5. The lowest BCUT2D eigenvalue weighted by molar-refractivity contribution is 0.262. The van der Waals surface area contributed by atoms with Crippen LogP contribution in [0.1, 0.15) is 0 Å². The van der Waals surface area contributed by atoms with E-state index in [0.29, 0.717) is 18.2 Å². The van der Waals surface area contributed by atoms with E-state index in [-0.39, 0.29) is 18.0 Å². The first kappa shape index (κ1) is 21.4. The van der Waals surface area contributed by atoms with Crippen LogP contribution < -0.4 is 15.4 Å². The fraction of sp³-hybridized carbons (Fsp3) is 0.263. The Bertz CT molecular complexity index is 897. The molecule has 0 aliphatic rings. The first-order valence-corrected chi connectivity index (χ1v) is 8.65. The lowest BCUT2D eigenvalue weighted by Gasteiger charge is -2.25.